The highest BCUT2D eigenvalue weighted by atomic mass is 16.3. The predicted octanol–water partition coefficient (Wildman–Crippen LogP) is 4.69. The third-order valence-electron chi connectivity index (χ3n) is 3.61. The van der Waals surface area contributed by atoms with Crippen LogP contribution in [0.25, 0.3) is 0 Å². The Morgan fingerprint density at radius 1 is 1.10 bits per heavy atom. The van der Waals surface area contributed by atoms with Gasteiger partial charge < -0.3 is 9.73 Å². The van der Waals surface area contributed by atoms with Crippen molar-refractivity contribution in [1.29, 1.82) is 0 Å². The van der Waals surface area contributed by atoms with Crippen LogP contribution in [-0.2, 0) is 6.42 Å². The van der Waals surface area contributed by atoms with Gasteiger partial charge in [-0.15, -0.1) is 0 Å². The lowest BCUT2D eigenvalue weighted by Gasteiger charge is -2.17. The molecule has 1 aromatic heterocycles. The first kappa shape index (κ1) is 14.9. The molecule has 2 heteroatoms. The lowest BCUT2D eigenvalue weighted by atomic mass is 9.98. The Labute approximate surface area is 122 Å². The summed E-state index contributed by atoms with van der Waals surface area (Å²) in [6, 6.07) is 13.2. The van der Waals surface area contributed by atoms with Crippen molar-refractivity contribution in [2.45, 2.75) is 45.6 Å². The van der Waals surface area contributed by atoms with Crippen molar-refractivity contribution in [2.75, 3.05) is 6.54 Å². The van der Waals surface area contributed by atoms with E-state index in [1.807, 2.05) is 6.07 Å². The van der Waals surface area contributed by atoms with Crippen molar-refractivity contribution in [3.63, 3.8) is 0 Å². The Morgan fingerprint density at radius 2 is 1.85 bits per heavy atom. The Kier molecular flexibility index (Phi) is 5.42. The van der Waals surface area contributed by atoms with E-state index in [9.17, 15) is 0 Å². The normalized spacial score (nSPS) is 12.8. The molecule has 0 bridgehead atoms. The van der Waals surface area contributed by atoms with Crippen molar-refractivity contribution < 1.29 is 4.42 Å². The topological polar surface area (TPSA) is 25.2 Å². The van der Waals surface area contributed by atoms with Crippen LogP contribution in [-0.4, -0.2) is 6.54 Å². The minimum atomic E-state index is 0.259. The molecule has 1 N–H and O–H groups in total. The molecule has 0 radical (unpaired) electrons. The average molecular weight is 271 g/mol. The summed E-state index contributed by atoms with van der Waals surface area (Å²) in [4.78, 5) is 0. The summed E-state index contributed by atoms with van der Waals surface area (Å²) < 4.78 is 5.56. The minimum absolute atomic E-state index is 0.259. The van der Waals surface area contributed by atoms with E-state index in [1.165, 1.54) is 11.1 Å². The molecule has 0 aliphatic carbocycles. The second-order valence-electron chi connectivity index (χ2n) is 5.62. The van der Waals surface area contributed by atoms with Gasteiger partial charge in [0.2, 0.25) is 0 Å². The van der Waals surface area contributed by atoms with E-state index in [2.05, 4.69) is 56.4 Å². The molecule has 20 heavy (non-hydrogen) atoms. The van der Waals surface area contributed by atoms with E-state index in [0.717, 1.165) is 25.1 Å². The zero-order valence-corrected chi connectivity index (χ0v) is 12.7. The van der Waals surface area contributed by atoms with Gasteiger partial charge in [0.05, 0.1) is 12.3 Å². The first-order valence-electron chi connectivity index (χ1n) is 7.56. The molecule has 0 aliphatic heterocycles. The molecule has 0 amide bonds. The largest absolute Gasteiger partial charge is 0.468 e. The molecular weight excluding hydrogens is 246 g/mol. The van der Waals surface area contributed by atoms with Gasteiger partial charge in [-0.05, 0) is 48.6 Å². The van der Waals surface area contributed by atoms with Gasteiger partial charge >= 0.3 is 0 Å². The van der Waals surface area contributed by atoms with Gasteiger partial charge in [-0.1, -0.05) is 45.0 Å². The maximum atomic E-state index is 5.56. The molecule has 2 nitrogen and oxygen atoms in total. The van der Waals surface area contributed by atoms with E-state index >= 15 is 0 Å². The summed E-state index contributed by atoms with van der Waals surface area (Å²) >= 11 is 0. The van der Waals surface area contributed by atoms with Gasteiger partial charge in [0.25, 0.3) is 0 Å². The Morgan fingerprint density at radius 3 is 2.40 bits per heavy atom. The number of hydrogen-bond donors (Lipinski definition) is 1. The van der Waals surface area contributed by atoms with Crippen molar-refractivity contribution in [1.82, 2.24) is 5.32 Å². The molecule has 0 saturated carbocycles. The van der Waals surface area contributed by atoms with Crippen LogP contribution >= 0.6 is 0 Å². The fraction of sp³-hybridized carbons (Fsp3) is 0.444. The van der Waals surface area contributed by atoms with Crippen molar-refractivity contribution in [2.24, 2.45) is 0 Å². The van der Waals surface area contributed by atoms with Crippen LogP contribution in [0.1, 0.15) is 56.0 Å². The standard InChI is InChI=1S/C18H25NO/c1-4-11-19-17(18-6-5-12-20-18)13-15-7-9-16(10-8-15)14(2)3/h5-10,12,14,17,19H,4,11,13H2,1-3H3. The second-order valence-corrected chi connectivity index (χ2v) is 5.62. The van der Waals surface area contributed by atoms with Gasteiger partial charge in [0, 0.05) is 0 Å². The lowest BCUT2D eigenvalue weighted by Crippen LogP contribution is -2.23. The van der Waals surface area contributed by atoms with E-state index in [0.29, 0.717) is 5.92 Å². The van der Waals surface area contributed by atoms with Crippen molar-refractivity contribution in [3.8, 4) is 0 Å². The van der Waals surface area contributed by atoms with Crippen LogP contribution in [0.5, 0.6) is 0 Å². The van der Waals surface area contributed by atoms with Gasteiger partial charge in [-0.25, -0.2) is 0 Å². The summed E-state index contributed by atoms with van der Waals surface area (Å²) in [5.41, 5.74) is 2.74. The molecular formula is C18H25NO. The molecule has 1 aromatic carbocycles. The molecule has 0 fully saturated rings. The Hall–Kier alpha value is -1.54. The number of hydrogen-bond acceptors (Lipinski definition) is 2. The first-order chi connectivity index (χ1) is 9.70. The highest BCUT2D eigenvalue weighted by Crippen LogP contribution is 2.21. The van der Waals surface area contributed by atoms with Crippen LogP contribution in [0.15, 0.2) is 47.1 Å². The molecule has 0 saturated heterocycles. The molecule has 0 spiro atoms. The van der Waals surface area contributed by atoms with Crippen LogP contribution in [0.4, 0.5) is 0 Å². The monoisotopic (exact) mass is 271 g/mol. The van der Waals surface area contributed by atoms with Crippen LogP contribution in [0.3, 0.4) is 0 Å². The zero-order chi connectivity index (χ0) is 14.4. The molecule has 2 aromatic rings. The Balaban J connectivity index is 2.07. The number of furan rings is 1. The third-order valence-corrected chi connectivity index (χ3v) is 3.61. The predicted molar refractivity (Wildman–Crippen MR) is 84.0 cm³/mol. The van der Waals surface area contributed by atoms with Crippen LogP contribution in [0.2, 0.25) is 0 Å². The molecule has 2 rings (SSSR count). The molecule has 0 aliphatic rings. The Bertz CT molecular complexity index is 485. The maximum Gasteiger partial charge on any atom is 0.121 e. The van der Waals surface area contributed by atoms with E-state index in [1.54, 1.807) is 6.26 Å². The number of benzene rings is 1. The van der Waals surface area contributed by atoms with Crippen LogP contribution in [0, 0.1) is 0 Å². The van der Waals surface area contributed by atoms with Gasteiger partial charge in [0.1, 0.15) is 5.76 Å². The summed E-state index contributed by atoms with van der Waals surface area (Å²) in [5, 5.41) is 3.56. The third kappa shape index (κ3) is 3.97. The van der Waals surface area contributed by atoms with Crippen molar-refractivity contribution in [3.05, 3.63) is 59.5 Å². The SMILES string of the molecule is CCCNC(Cc1ccc(C(C)C)cc1)c1ccco1. The summed E-state index contributed by atoms with van der Waals surface area (Å²) in [6.45, 7) is 7.64. The van der Waals surface area contributed by atoms with E-state index < -0.39 is 0 Å². The quantitative estimate of drug-likeness (QED) is 0.790. The minimum Gasteiger partial charge on any atom is -0.468 e. The van der Waals surface area contributed by atoms with Crippen molar-refractivity contribution >= 4 is 0 Å². The number of nitrogens with one attached hydrogen (secondary N) is 1. The van der Waals surface area contributed by atoms with Gasteiger partial charge in [-0.3, -0.25) is 0 Å². The maximum absolute atomic E-state index is 5.56. The molecule has 108 valence electrons. The summed E-state index contributed by atoms with van der Waals surface area (Å²) in [6.07, 6.45) is 3.84. The number of rotatable bonds is 7. The second kappa shape index (κ2) is 7.30. The smallest absolute Gasteiger partial charge is 0.121 e. The zero-order valence-electron chi connectivity index (χ0n) is 12.7. The molecule has 1 atom stereocenters. The van der Waals surface area contributed by atoms with Gasteiger partial charge in [0.15, 0.2) is 0 Å². The fourth-order valence-electron chi connectivity index (χ4n) is 2.36. The van der Waals surface area contributed by atoms with Gasteiger partial charge in [-0.2, -0.15) is 0 Å². The summed E-state index contributed by atoms with van der Waals surface area (Å²) in [7, 11) is 0. The van der Waals surface area contributed by atoms with E-state index in [-0.39, 0.29) is 6.04 Å². The lowest BCUT2D eigenvalue weighted by molar-refractivity contribution is 0.410. The van der Waals surface area contributed by atoms with E-state index in [4.69, 9.17) is 4.42 Å². The van der Waals surface area contributed by atoms with Crippen LogP contribution < -0.4 is 5.32 Å². The highest BCUT2D eigenvalue weighted by Gasteiger charge is 2.14. The molecule has 1 unspecified atom stereocenters. The fourth-order valence-corrected chi connectivity index (χ4v) is 2.36. The summed E-state index contributed by atoms with van der Waals surface area (Å²) in [5.74, 6) is 1.61. The first-order valence-corrected chi connectivity index (χ1v) is 7.56. The average Bonchev–Trinajstić information content (AvgIpc) is 2.98. The molecule has 1 heterocycles. The highest BCUT2D eigenvalue weighted by molar-refractivity contribution is 5.26.